The van der Waals surface area contributed by atoms with Crippen LogP contribution in [0.15, 0.2) is 24.3 Å². The molecule has 2 aliphatic rings. The molecule has 0 unspecified atom stereocenters. The molecule has 4 nitrogen and oxygen atoms in total. The Morgan fingerprint density at radius 2 is 2.00 bits per heavy atom. The Balaban J connectivity index is 1.55. The molecule has 0 atom stereocenters. The Morgan fingerprint density at radius 3 is 2.71 bits per heavy atom. The summed E-state index contributed by atoms with van der Waals surface area (Å²) in [6.45, 7) is 8.40. The third-order valence-corrected chi connectivity index (χ3v) is 5.61. The normalized spacial score (nSPS) is 20.9. The highest BCUT2D eigenvalue weighted by atomic mass is 16.2. The summed E-state index contributed by atoms with van der Waals surface area (Å²) >= 11 is 0. The Kier molecular flexibility index (Phi) is 5.90. The van der Waals surface area contributed by atoms with Crippen molar-refractivity contribution in [3.63, 3.8) is 0 Å². The highest BCUT2D eigenvalue weighted by molar-refractivity contribution is 5.88. The van der Waals surface area contributed by atoms with Gasteiger partial charge in [0.25, 0.3) is 0 Å². The minimum atomic E-state index is -0.291. The van der Waals surface area contributed by atoms with Crippen LogP contribution in [0.3, 0.4) is 0 Å². The number of nitrogens with one attached hydrogen (secondary N) is 2. The van der Waals surface area contributed by atoms with Gasteiger partial charge < -0.3 is 15.5 Å². The topological polar surface area (TPSA) is 44.4 Å². The van der Waals surface area contributed by atoms with Crippen LogP contribution in [0.4, 0.5) is 0 Å². The van der Waals surface area contributed by atoms with Crippen molar-refractivity contribution >= 4 is 5.91 Å². The van der Waals surface area contributed by atoms with E-state index in [2.05, 4.69) is 46.7 Å². The van der Waals surface area contributed by atoms with Crippen molar-refractivity contribution < 1.29 is 4.79 Å². The van der Waals surface area contributed by atoms with Gasteiger partial charge in [-0.2, -0.15) is 0 Å². The standard InChI is InChI=1S/C20H31N3O/c1-17-6-4-7-18(16-17)20(8-2-3-9-20)19(24)22-10-5-13-23-14-11-21-12-15-23/h4,6-7,16,21H,2-3,5,8-15H2,1H3,(H,22,24). The minimum Gasteiger partial charge on any atom is -0.355 e. The summed E-state index contributed by atoms with van der Waals surface area (Å²) in [5, 5.41) is 6.62. The summed E-state index contributed by atoms with van der Waals surface area (Å²) in [7, 11) is 0. The molecule has 1 amide bonds. The quantitative estimate of drug-likeness (QED) is 0.787. The molecule has 0 aromatic heterocycles. The molecule has 0 bridgehead atoms. The lowest BCUT2D eigenvalue weighted by Gasteiger charge is -2.29. The number of hydrogen-bond acceptors (Lipinski definition) is 3. The maximum absolute atomic E-state index is 13.0. The first-order valence-electron chi connectivity index (χ1n) is 9.49. The largest absolute Gasteiger partial charge is 0.355 e. The fourth-order valence-corrected chi connectivity index (χ4v) is 4.18. The fourth-order valence-electron chi connectivity index (χ4n) is 4.18. The fraction of sp³-hybridized carbons (Fsp3) is 0.650. The van der Waals surface area contributed by atoms with Crippen molar-refractivity contribution in [3.8, 4) is 0 Å². The molecule has 2 N–H and O–H groups in total. The molecule has 132 valence electrons. The molecule has 0 spiro atoms. The maximum atomic E-state index is 13.0. The lowest BCUT2D eigenvalue weighted by molar-refractivity contribution is -0.126. The zero-order valence-electron chi connectivity index (χ0n) is 14.9. The highest BCUT2D eigenvalue weighted by Crippen LogP contribution is 2.41. The van der Waals surface area contributed by atoms with Crippen LogP contribution in [-0.4, -0.2) is 50.1 Å². The number of carbonyl (C=O) groups is 1. The third kappa shape index (κ3) is 3.98. The van der Waals surface area contributed by atoms with Crippen LogP contribution in [0.2, 0.25) is 0 Å². The monoisotopic (exact) mass is 329 g/mol. The minimum absolute atomic E-state index is 0.242. The number of hydrogen-bond donors (Lipinski definition) is 2. The van der Waals surface area contributed by atoms with Crippen molar-refractivity contribution in [2.45, 2.75) is 44.4 Å². The number of carbonyl (C=O) groups excluding carboxylic acids is 1. The summed E-state index contributed by atoms with van der Waals surface area (Å²) in [6, 6.07) is 8.53. The van der Waals surface area contributed by atoms with Crippen molar-refractivity contribution in [2.75, 3.05) is 39.3 Å². The molecule has 1 heterocycles. The van der Waals surface area contributed by atoms with Crippen LogP contribution in [0.5, 0.6) is 0 Å². The van der Waals surface area contributed by atoms with Crippen LogP contribution >= 0.6 is 0 Å². The van der Waals surface area contributed by atoms with Crippen LogP contribution in [0.1, 0.15) is 43.2 Å². The Labute approximate surface area is 146 Å². The summed E-state index contributed by atoms with van der Waals surface area (Å²) in [5.41, 5.74) is 2.16. The number of aryl methyl sites for hydroxylation is 1. The van der Waals surface area contributed by atoms with Gasteiger partial charge in [0.2, 0.25) is 5.91 Å². The molecule has 3 rings (SSSR count). The predicted molar refractivity (Wildman–Crippen MR) is 98.3 cm³/mol. The predicted octanol–water partition coefficient (Wildman–Crippen LogP) is 2.22. The van der Waals surface area contributed by atoms with E-state index in [1.54, 1.807) is 0 Å². The first-order chi connectivity index (χ1) is 11.7. The molecule has 1 aromatic carbocycles. The average molecular weight is 329 g/mol. The number of amides is 1. The Morgan fingerprint density at radius 1 is 1.25 bits per heavy atom. The number of piperazine rings is 1. The molecule has 24 heavy (non-hydrogen) atoms. The van der Waals surface area contributed by atoms with E-state index < -0.39 is 0 Å². The van der Waals surface area contributed by atoms with Crippen molar-refractivity contribution in [2.24, 2.45) is 0 Å². The molecule has 0 radical (unpaired) electrons. The van der Waals surface area contributed by atoms with Crippen LogP contribution < -0.4 is 10.6 Å². The second kappa shape index (κ2) is 8.13. The van der Waals surface area contributed by atoms with E-state index in [4.69, 9.17) is 0 Å². The molecule has 4 heteroatoms. The zero-order valence-corrected chi connectivity index (χ0v) is 14.9. The zero-order chi connectivity index (χ0) is 16.8. The van der Waals surface area contributed by atoms with Crippen molar-refractivity contribution in [1.82, 2.24) is 15.5 Å². The molecule has 1 aliphatic carbocycles. The Hall–Kier alpha value is -1.39. The summed E-state index contributed by atoms with van der Waals surface area (Å²) < 4.78 is 0. The van der Waals surface area contributed by atoms with E-state index in [9.17, 15) is 4.79 Å². The second-order valence-electron chi connectivity index (χ2n) is 7.36. The van der Waals surface area contributed by atoms with E-state index in [-0.39, 0.29) is 11.3 Å². The molecular weight excluding hydrogens is 298 g/mol. The first-order valence-corrected chi connectivity index (χ1v) is 9.49. The average Bonchev–Trinajstić information content (AvgIpc) is 3.11. The van der Waals surface area contributed by atoms with Crippen molar-refractivity contribution in [3.05, 3.63) is 35.4 Å². The number of rotatable bonds is 6. The summed E-state index contributed by atoms with van der Waals surface area (Å²) in [6.07, 6.45) is 5.32. The van der Waals surface area contributed by atoms with E-state index in [0.717, 1.165) is 71.4 Å². The molecule has 2 fully saturated rings. The van der Waals surface area contributed by atoms with Gasteiger partial charge >= 0.3 is 0 Å². The van der Waals surface area contributed by atoms with Gasteiger partial charge in [0.05, 0.1) is 5.41 Å². The van der Waals surface area contributed by atoms with Crippen LogP contribution in [0.25, 0.3) is 0 Å². The van der Waals surface area contributed by atoms with Gasteiger partial charge in [-0.1, -0.05) is 42.7 Å². The van der Waals surface area contributed by atoms with Crippen LogP contribution in [-0.2, 0) is 10.2 Å². The molecule has 1 saturated heterocycles. The van der Waals surface area contributed by atoms with E-state index in [1.807, 2.05) is 0 Å². The summed E-state index contributed by atoms with van der Waals surface area (Å²) in [5.74, 6) is 0.242. The third-order valence-electron chi connectivity index (χ3n) is 5.61. The molecule has 1 saturated carbocycles. The Bertz CT molecular complexity index is 546. The van der Waals surface area contributed by atoms with Gasteiger partial charge in [0, 0.05) is 32.7 Å². The number of nitrogens with zero attached hydrogens (tertiary/aromatic N) is 1. The van der Waals surface area contributed by atoms with Crippen LogP contribution in [0, 0.1) is 6.92 Å². The van der Waals surface area contributed by atoms with Gasteiger partial charge in [-0.3, -0.25) is 4.79 Å². The molecule has 1 aromatic rings. The van der Waals surface area contributed by atoms with Gasteiger partial charge in [0.1, 0.15) is 0 Å². The van der Waals surface area contributed by atoms with Crippen molar-refractivity contribution in [1.29, 1.82) is 0 Å². The maximum Gasteiger partial charge on any atom is 0.230 e. The van der Waals surface area contributed by atoms with Gasteiger partial charge in [0.15, 0.2) is 0 Å². The van der Waals surface area contributed by atoms with Gasteiger partial charge in [-0.25, -0.2) is 0 Å². The van der Waals surface area contributed by atoms with Gasteiger partial charge in [-0.15, -0.1) is 0 Å². The molecule has 1 aliphatic heterocycles. The van der Waals surface area contributed by atoms with E-state index in [1.165, 1.54) is 11.1 Å². The first kappa shape index (κ1) is 17.4. The summed E-state index contributed by atoms with van der Waals surface area (Å²) in [4.78, 5) is 15.5. The highest BCUT2D eigenvalue weighted by Gasteiger charge is 2.42. The lowest BCUT2D eigenvalue weighted by Crippen LogP contribution is -2.45. The SMILES string of the molecule is Cc1cccc(C2(C(=O)NCCCN3CCNCC3)CCCC2)c1. The smallest absolute Gasteiger partial charge is 0.230 e. The molecular formula is C20H31N3O. The van der Waals surface area contributed by atoms with Gasteiger partial charge in [-0.05, 0) is 38.3 Å². The lowest BCUT2D eigenvalue weighted by atomic mass is 9.77. The van der Waals surface area contributed by atoms with E-state index in [0.29, 0.717) is 0 Å². The second-order valence-corrected chi connectivity index (χ2v) is 7.36. The number of benzene rings is 1. The van der Waals surface area contributed by atoms with E-state index >= 15 is 0 Å².